The first-order valence-corrected chi connectivity index (χ1v) is 7.47. The van der Waals surface area contributed by atoms with E-state index in [1.807, 2.05) is 0 Å². The standard InChI is InChI=1S/C14H17BrFN3O2.ClH/c1-18(9-13(20)19-6-4-17-5-7-19)14(21)10-2-3-11(15)12(16)8-10;/h2-3,8,17H,4-7,9H2,1H3;1H. The molecule has 1 aliphatic rings. The molecule has 0 atom stereocenters. The second-order valence-corrected chi connectivity index (χ2v) is 5.78. The molecular weight excluding hydrogens is 377 g/mol. The van der Waals surface area contributed by atoms with Crippen molar-refractivity contribution in [3.05, 3.63) is 34.1 Å². The zero-order chi connectivity index (χ0) is 15.4. The molecule has 1 aromatic carbocycles. The lowest BCUT2D eigenvalue weighted by molar-refractivity contribution is -0.132. The molecule has 0 unspecified atom stereocenters. The molecule has 0 radical (unpaired) electrons. The Bertz CT molecular complexity index is 553. The summed E-state index contributed by atoms with van der Waals surface area (Å²) in [6.45, 7) is 2.82. The monoisotopic (exact) mass is 393 g/mol. The molecule has 5 nitrogen and oxygen atoms in total. The van der Waals surface area contributed by atoms with Gasteiger partial charge in [0.15, 0.2) is 0 Å². The Morgan fingerprint density at radius 2 is 2.00 bits per heavy atom. The summed E-state index contributed by atoms with van der Waals surface area (Å²) in [7, 11) is 1.54. The molecule has 1 aliphatic heterocycles. The van der Waals surface area contributed by atoms with Gasteiger partial charge in [0.25, 0.3) is 5.91 Å². The van der Waals surface area contributed by atoms with Crippen LogP contribution in [0.4, 0.5) is 4.39 Å². The number of hydrogen-bond acceptors (Lipinski definition) is 3. The van der Waals surface area contributed by atoms with Gasteiger partial charge in [0, 0.05) is 38.8 Å². The van der Waals surface area contributed by atoms with Crippen LogP contribution in [0.2, 0.25) is 0 Å². The van der Waals surface area contributed by atoms with E-state index < -0.39 is 5.82 Å². The van der Waals surface area contributed by atoms with E-state index in [2.05, 4.69) is 21.2 Å². The number of piperazine rings is 1. The predicted octanol–water partition coefficient (Wildman–Crippen LogP) is 1.51. The van der Waals surface area contributed by atoms with E-state index in [1.54, 1.807) is 11.9 Å². The maximum atomic E-state index is 13.5. The van der Waals surface area contributed by atoms with Crippen molar-refractivity contribution in [2.45, 2.75) is 0 Å². The van der Waals surface area contributed by atoms with Gasteiger partial charge in [0.1, 0.15) is 5.82 Å². The molecule has 0 bridgehead atoms. The number of likely N-dealkylation sites (N-methyl/N-ethyl adjacent to an activating group) is 1. The fraction of sp³-hybridized carbons (Fsp3) is 0.429. The highest BCUT2D eigenvalue weighted by Gasteiger charge is 2.21. The van der Waals surface area contributed by atoms with E-state index in [-0.39, 0.29) is 36.3 Å². The maximum Gasteiger partial charge on any atom is 0.254 e. The quantitative estimate of drug-likeness (QED) is 0.846. The van der Waals surface area contributed by atoms with Crippen molar-refractivity contribution in [3.8, 4) is 0 Å². The minimum absolute atomic E-state index is 0. The molecule has 2 rings (SSSR count). The number of benzene rings is 1. The number of carbonyl (C=O) groups excluding carboxylic acids is 2. The minimum Gasteiger partial charge on any atom is -0.339 e. The van der Waals surface area contributed by atoms with E-state index in [9.17, 15) is 14.0 Å². The van der Waals surface area contributed by atoms with Crippen molar-refractivity contribution in [3.63, 3.8) is 0 Å². The molecule has 0 saturated carbocycles. The van der Waals surface area contributed by atoms with Gasteiger partial charge in [0.2, 0.25) is 5.91 Å². The van der Waals surface area contributed by atoms with Crippen LogP contribution in [0, 0.1) is 5.82 Å². The fourth-order valence-corrected chi connectivity index (χ4v) is 2.39. The summed E-state index contributed by atoms with van der Waals surface area (Å²) in [5, 5.41) is 3.16. The van der Waals surface area contributed by atoms with Gasteiger partial charge in [-0.15, -0.1) is 12.4 Å². The fourth-order valence-electron chi connectivity index (χ4n) is 2.14. The highest BCUT2D eigenvalue weighted by molar-refractivity contribution is 9.10. The van der Waals surface area contributed by atoms with E-state index in [0.717, 1.165) is 19.2 Å². The lowest BCUT2D eigenvalue weighted by Gasteiger charge is -2.29. The van der Waals surface area contributed by atoms with Crippen LogP contribution >= 0.6 is 28.3 Å². The van der Waals surface area contributed by atoms with Crippen LogP contribution in [0.15, 0.2) is 22.7 Å². The Labute approximate surface area is 143 Å². The van der Waals surface area contributed by atoms with Crippen LogP contribution in [0.25, 0.3) is 0 Å². The van der Waals surface area contributed by atoms with Gasteiger partial charge >= 0.3 is 0 Å². The molecule has 2 amide bonds. The summed E-state index contributed by atoms with van der Waals surface area (Å²) in [6.07, 6.45) is 0. The van der Waals surface area contributed by atoms with Crippen LogP contribution in [0.5, 0.6) is 0 Å². The summed E-state index contributed by atoms with van der Waals surface area (Å²) < 4.78 is 13.8. The summed E-state index contributed by atoms with van der Waals surface area (Å²) in [4.78, 5) is 27.3. The third-order valence-electron chi connectivity index (χ3n) is 3.36. The zero-order valence-corrected chi connectivity index (χ0v) is 14.5. The van der Waals surface area contributed by atoms with Crippen LogP contribution in [-0.2, 0) is 4.79 Å². The highest BCUT2D eigenvalue weighted by Crippen LogP contribution is 2.17. The van der Waals surface area contributed by atoms with Gasteiger partial charge in [0.05, 0.1) is 11.0 Å². The third-order valence-corrected chi connectivity index (χ3v) is 4.00. The van der Waals surface area contributed by atoms with E-state index in [1.165, 1.54) is 17.0 Å². The Morgan fingerprint density at radius 1 is 1.36 bits per heavy atom. The van der Waals surface area contributed by atoms with Crippen LogP contribution in [-0.4, -0.2) is 61.4 Å². The molecule has 22 heavy (non-hydrogen) atoms. The Kier molecular flexibility index (Phi) is 7.25. The third kappa shape index (κ3) is 4.66. The Balaban J connectivity index is 0.00000242. The van der Waals surface area contributed by atoms with Gasteiger partial charge < -0.3 is 15.1 Å². The molecule has 122 valence electrons. The number of rotatable bonds is 3. The average molecular weight is 395 g/mol. The van der Waals surface area contributed by atoms with Crippen LogP contribution in [0.3, 0.4) is 0 Å². The highest BCUT2D eigenvalue weighted by atomic mass is 79.9. The molecule has 8 heteroatoms. The number of hydrogen-bond donors (Lipinski definition) is 1. The maximum absolute atomic E-state index is 13.5. The molecule has 0 spiro atoms. The molecule has 1 N–H and O–H groups in total. The SMILES string of the molecule is CN(CC(=O)N1CCNCC1)C(=O)c1ccc(Br)c(F)c1.Cl. The molecule has 0 aromatic heterocycles. The second kappa shape index (κ2) is 8.45. The summed E-state index contributed by atoms with van der Waals surface area (Å²) in [5.74, 6) is -0.961. The Morgan fingerprint density at radius 3 is 2.59 bits per heavy atom. The molecule has 1 heterocycles. The summed E-state index contributed by atoms with van der Waals surface area (Å²) >= 11 is 3.04. The van der Waals surface area contributed by atoms with Crippen molar-refractivity contribution in [2.75, 3.05) is 39.8 Å². The van der Waals surface area contributed by atoms with E-state index in [4.69, 9.17) is 0 Å². The van der Waals surface area contributed by atoms with Gasteiger partial charge in [-0.05, 0) is 34.1 Å². The van der Waals surface area contributed by atoms with Crippen molar-refractivity contribution in [1.82, 2.24) is 15.1 Å². The predicted molar refractivity (Wildman–Crippen MR) is 87.8 cm³/mol. The molecular formula is C14H18BrClFN3O2. The lowest BCUT2D eigenvalue weighted by Crippen LogP contribution is -2.49. The van der Waals surface area contributed by atoms with E-state index >= 15 is 0 Å². The molecule has 1 fully saturated rings. The second-order valence-electron chi connectivity index (χ2n) is 4.92. The van der Waals surface area contributed by atoms with E-state index in [0.29, 0.717) is 17.6 Å². The number of nitrogens with one attached hydrogen (secondary N) is 1. The Hall–Kier alpha value is -1.18. The van der Waals surface area contributed by atoms with Crippen molar-refractivity contribution in [2.24, 2.45) is 0 Å². The van der Waals surface area contributed by atoms with Gasteiger partial charge in [-0.2, -0.15) is 0 Å². The molecule has 1 aromatic rings. The number of amides is 2. The van der Waals surface area contributed by atoms with Crippen molar-refractivity contribution < 1.29 is 14.0 Å². The first-order valence-electron chi connectivity index (χ1n) is 6.68. The average Bonchev–Trinajstić information content (AvgIpc) is 2.50. The van der Waals surface area contributed by atoms with Gasteiger partial charge in [-0.1, -0.05) is 0 Å². The van der Waals surface area contributed by atoms with Gasteiger partial charge in [-0.25, -0.2) is 4.39 Å². The molecule has 1 saturated heterocycles. The number of halogens is 3. The van der Waals surface area contributed by atoms with Crippen molar-refractivity contribution >= 4 is 40.2 Å². The smallest absolute Gasteiger partial charge is 0.254 e. The largest absolute Gasteiger partial charge is 0.339 e. The van der Waals surface area contributed by atoms with Gasteiger partial charge in [-0.3, -0.25) is 9.59 Å². The first-order chi connectivity index (χ1) is 9.99. The van der Waals surface area contributed by atoms with Crippen molar-refractivity contribution in [1.29, 1.82) is 0 Å². The summed E-state index contributed by atoms with van der Waals surface area (Å²) in [6, 6.07) is 4.17. The normalized spacial score (nSPS) is 14.2. The number of nitrogens with zero attached hydrogens (tertiary/aromatic N) is 2. The number of carbonyl (C=O) groups is 2. The topological polar surface area (TPSA) is 52.7 Å². The zero-order valence-electron chi connectivity index (χ0n) is 12.1. The summed E-state index contributed by atoms with van der Waals surface area (Å²) in [5.41, 5.74) is 0.228. The van der Waals surface area contributed by atoms with Crippen LogP contribution in [0.1, 0.15) is 10.4 Å². The minimum atomic E-state index is -0.498. The first kappa shape index (κ1) is 18.9. The molecule has 0 aliphatic carbocycles. The van der Waals surface area contributed by atoms with Crippen LogP contribution < -0.4 is 5.32 Å². The lowest BCUT2D eigenvalue weighted by atomic mass is 10.2.